The summed E-state index contributed by atoms with van der Waals surface area (Å²) < 4.78 is 16.9. The van der Waals surface area contributed by atoms with Crippen LogP contribution in [0.25, 0.3) is 0 Å². The first-order chi connectivity index (χ1) is 37.5. The number of hydrogen-bond acceptors (Lipinski definition) is 6. The largest absolute Gasteiger partial charge is 0.462 e. The number of hydrogen-bond donors (Lipinski definition) is 0. The van der Waals surface area contributed by atoms with Gasteiger partial charge in [0.2, 0.25) is 0 Å². The predicted molar refractivity (Wildman–Crippen MR) is 330 cm³/mol. The second-order valence-electron chi connectivity index (χ2n) is 21.6. The van der Waals surface area contributed by atoms with Crippen molar-refractivity contribution in [3.05, 3.63) is 85.1 Å². The zero-order valence-corrected chi connectivity index (χ0v) is 50.3. The van der Waals surface area contributed by atoms with E-state index in [4.69, 9.17) is 14.2 Å². The standard InChI is InChI=1S/C70H122O6/c1-4-7-10-13-16-19-22-25-28-30-32-34-35-36-38-39-42-45-48-51-54-57-60-63-69(72)75-66-67(65-74-68(71)62-59-56-53-50-47-44-41-27-24-21-18-15-12-9-6-3)76-70(73)64-61-58-55-52-49-46-43-40-37-33-31-29-26-23-20-17-14-11-8-5-2/h7,10,16,18-19,21,25,27-28,32,34,36,38,41,67H,4-6,8-9,11-15,17,20,22-24,26,29-31,33,35,37,39-40,42-66H2,1-3H3/b10-7-,19-16-,21-18-,28-25-,34-32-,38-36-,41-27-. The number of rotatable bonds is 59. The Morgan fingerprint density at radius 1 is 0.276 bits per heavy atom. The fraction of sp³-hybridized carbons (Fsp3) is 0.757. The van der Waals surface area contributed by atoms with Crippen LogP contribution in [-0.4, -0.2) is 37.2 Å². The van der Waals surface area contributed by atoms with E-state index < -0.39 is 6.10 Å². The summed E-state index contributed by atoms with van der Waals surface area (Å²) in [6.45, 7) is 6.52. The molecule has 0 aromatic rings. The van der Waals surface area contributed by atoms with Crippen molar-refractivity contribution in [1.29, 1.82) is 0 Å². The lowest BCUT2D eigenvalue weighted by molar-refractivity contribution is -0.167. The SMILES string of the molecule is CC/C=C\C/C=C\C/C=C\C/C=C\C/C=C\CCCCCCCCCC(=O)OCC(COC(=O)CCCCCCC/C=C\C/C=C\CCCCC)OC(=O)CCCCCCCCCCCCCCCCCCCCCC. The first-order valence-electron chi connectivity index (χ1n) is 32.6. The van der Waals surface area contributed by atoms with Crippen molar-refractivity contribution in [1.82, 2.24) is 0 Å². The number of unbranched alkanes of at least 4 members (excludes halogenated alkanes) is 34. The van der Waals surface area contributed by atoms with Gasteiger partial charge in [-0.15, -0.1) is 0 Å². The number of carbonyl (C=O) groups is 3. The Kier molecular flexibility index (Phi) is 61.2. The Morgan fingerprint density at radius 3 is 0.829 bits per heavy atom. The molecular weight excluding hydrogens is 937 g/mol. The quantitative estimate of drug-likeness (QED) is 0.0261. The van der Waals surface area contributed by atoms with Crippen LogP contribution in [-0.2, 0) is 28.6 Å². The molecule has 0 heterocycles. The molecule has 0 radical (unpaired) electrons. The van der Waals surface area contributed by atoms with E-state index >= 15 is 0 Å². The molecule has 0 aliphatic heterocycles. The topological polar surface area (TPSA) is 78.9 Å². The molecule has 0 fully saturated rings. The van der Waals surface area contributed by atoms with Crippen LogP contribution in [0.3, 0.4) is 0 Å². The number of esters is 3. The van der Waals surface area contributed by atoms with Gasteiger partial charge in [0.15, 0.2) is 6.10 Å². The van der Waals surface area contributed by atoms with Crippen molar-refractivity contribution >= 4 is 17.9 Å². The summed E-state index contributed by atoms with van der Waals surface area (Å²) in [5.74, 6) is -0.893. The van der Waals surface area contributed by atoms with Gasteiger partial charge in [0.25, 0.3) is 0 Å². The maximum absolute atomic E-state index is 12.9. The highest BCUT2D eigenvalue weighted by atomic mass is 16.6. The van der Waals surface area contributed by atoms with Crippen molar-refractivity contribution < 1.29 is 28.6 Å². The van der Waals surface area contributed by atoms with Gasteiger partial charge in [0.1, 0.15) is 13.2 Å². The molecule has 0 aromatic carbocycles. The summed E-state index contributed by atoms with van der Waals surface area (Å²) in [5.41, 5.74) is 0. The normalized spacial score (nSPS) is 12.6. The zero-order valence-electron chi connectivity index (χ0n) is 50.3. The fourth-order valence-electron chi connectivity index (χ4n) is 9.27. The molecule has 0 spiro atoms. The molecule has 0 aromatic heterocycles. The molecule has 0 bridgehead atoms. The molecule has 0 saturated heterocycles. The van der Waals surface area contributed by atoms with Gasteiger partial charge in [0.05, 0.1) is 0 Å². The zero-order chi connectivity index (χ0) is 55.0. The van der Waals surface area contributed by atoms with Gasteiger partial charge < -0.3 is 14.2 Å². The van der Waals surface area contributed by atoms with Gasteiger partial charge in [-0.2, -0.15) is 0 Å². The van der Waals surface area contributed by atoms with E-state index in [1.807, 2.05) is 0 Å². The van der Waals surface area contributed by atoms with Crippen LogP contribution in [0.2, 0.25) is 0 Å². The van der Waals surface area contributed by atoms with Crippen LogP contribution in [0.1, 0.15) is 323 Å². The van der Waals surface area contributed by atoms with E-state index in [2.05, 4.69) is 106 Å². The molecule has 76 heavy (non-hydrogen) atoms. The molecule has 0 amide bonds. The van der Waals surface area contributed by atoms with E-state index in [0.29, 0.717) is 19.3 Å². The Bertz CT molecular complexity index is 1450. The van der Waals surface area contributed by atoms with Gasteiger partial charge in [0, 0.05) is 19.3 Å². The first kappa shape index (κ1) is 72.6. The molecule has 0 aliphatic rings. The van der Waals surface area contributed by atoms with Gasteiger partial charge >= 0.3 is 17.9 Å². The molecular formula is C70H122O6. The Hall–Kier alpha value is -3.41. The predicted octanol–water partition coefficient (Wildman–Crippen LogP) is 22.3. The van der Waals surface area contributed by atoms with E-state index in [1.165, 1.54) is 167 Å². The van der Waals surface area contributed by atoms with Gasteiger partial charge in [-0.3, -0.25) is 14.4 Å². The molecule has 0 N–H and O–H groups in total. The number of ether oxygens (including phenoxy) is 3. The summed E-state index contributed by atoms with van der Waals surface area (Å²) in [4.78, 5) is 38.4. The van der Waals surface area contributed by atoms with E-state index in [0.717, 1.165) is 116 Å². The molecule has 1 unspecified atom stereocenters. The second kappa shape index (κ2) is 64.1. The Morgan fingerprint density at radius 2 is 0.513 bits per heavy atom. The second-order valence-corrected chi connectivity index (χ2v) is 21.6. The molecule has 0 rings (SSSR count). The third-order valence-corrected chi connectivity index (χ3v) is 14.1. The van der Waals surface area contributed by atoms with Crippen LogP contribution in [0.5, 0.6) is 0 Å². The van der Waals surface area contributed by atoms with Crippen LogP contribution in [0, 0.1) is 0 Å². The first-order valence-corrected chi connectivity index (χ1v) is 32.6. The lowest BCUT2D eigenvalue weighted by Crippen LogP contribution is -2.30. The smallest absolute Gasteiger partial charge is 0.306 e. The molecule has 6 nitrogen and oxygen atoms in total. The molecule has 438 valence electrons. The average molecular weight is 1060 g/mol. The highest BCUT2D eigenvalue weighted by molar-refractivity contribution is 5.71. The van der Waals surface area contributed by atoms with Crippen molar-refractivity contribution in [2.75, 3.05) is 13.2 Å². The van der Waals surface area contributed by atoms with Gasteiger partial charge in [-0.05, 0) is 96.3 Å². The molecule has 6 heteroatoms. The summed E-state index contributed by atoms with van der Waals surface area (Å²) in [5, 5.41) is 0. The van der Waals surface area contributed by atoms with Crippen LogP contribution < -0.4 is 0 Å². The van der Waals surface area contributed by atoms with Crippen molar-refractivity contribution in [3.8, 4) is 0 Å². The highest BCUT2D eigenvalue weighted by Crippen LogP contribution is 2.17. The third-order valence-electron chi connectivity index (χ3n) is 14.1. The summed E-state index contributed by atoms with van der Waals surface area (Å²) in [6, 6.07) is 0. The monoisotopic (exact) mass is 1060 g/mol. The van der Waals surface area contributed by atoms with E-state index in [-0.39, 0.29) is 31.1 Å². The minimum atomic E-state index is -0.787. The minimum absolute atomic E-state index is 0.0846. The summed E-state index contributed by atoms with van der Waals surface area (Å²) in [6.07, 6.45) is 84.4. The third kappa shape index (κ3) is 61.4. The average Bonchev–Trinajstić information content (AvgIpc) is 3.42. The van der Waals surface area contributed by atoms with E-state index in [1.54, 1.807) is 0 Å². The summed E-state index contributed by atoms with van der Waals surface area (Å²) in [7, 11) is 0. The molecule has 1 atom stereocenters. The Labute approximate surface area is 471 Å². The number of allylic oxidation sites excluding steroid dienone is 14. The van der Waals surface area contributed by atoms with Gasteiger partial charge in [-0.1, -0.05) is 292 Å². The summed E-state index contributed by atoms with van der Waals surface area (Å²) >= 11 is 0. The highest BCUT2D eigenvalue weighted by Gasteiger charge is 2.19. The maximum Gasteiger partial charge on any atom is 0.306 e. The lowest BCUT2D eigenvalue weighted by Gasteiger charge is -2.18. The van der Waals surface area contributed by atoms with Gasteiger partial charge in [-0.25, -0.2) is 0 Å². The lowest BCUT2D eigenvalue weighted by atomic mass is 10.0. The molecule has 0 aliphatic carbocycles. The van der Waals surface area contributed by atoms with E-state index in [9.17, 15) is 14.4 Å². The minimum Gasteiger partial charge on any atom is -0.462 e. The van der Waals surface area contributed by atoms with Crippen molar-refractivity contribution in [2.45, 2.75) is 329 Å². The number of carbonyl (C=O) groups excluding carboxylic acids is 3. The maximum atomic E-state index is 12.9. The van der Waals surface area contributed by atoms with Crippen LogP contribution in [0.15, 0.2) is 85.1 Å². The van der Waals surface area contributed by atoms with Crippen molar-refractivity contribution in [2.24, 2.45) is 0 Å². The van der Waals surface area contributed by atoms with Crippen molar-refractivity contribution in [3.63, 3.8) is 0 Å². The molecule has 0 saturated carbocycles. The Balaban J connectivity index is 4.37. The van der Waals surface area contributed by atoms with Crippen LogP contribution >= 0.6 is 0 Å². The fourth-order valence-corrected chi connectivity index (χ4v) is 9.27. The van der Waals surface area contributed by atoms with Crippen LogP contribution in [0.4, 0.5) is 0 Å².